The Labute approximate surface area is 125 Å². The SMILES string of the molecule is Fc1ccc(CNCCc2nc3ccccc3s2)c(F)c1. The zero-order valence-electron chi connectivity index (χ0n) is 11.3. The van der Waals surface area contributed by atoms with Crippen LogP contribution in [0.1, 0.15) is 10.6 Å². The van der Waals surface area contributed by atoms with Crippen LogP contribution in [0.4, 0.5) is 8.78 Å². The molecular weight excluding hydrogens is 290 g/mol. The summed E-state index contributed by atoms with van der Waals surface area (Å²) in [6.45, 7) is 1.09. The van der Waals surface area contributed by atoms with E-state index in [1.165, 1.54) is 16.8 Å². The van der Waals surface area contributed by atoms with Crippen LogP contribution in [-0.2, 0) is 13.0 Å². The topological polar surface area (TPSA) is 24.9 Å². The Morgan fingerprint density at radius 3 is 2.76 bits per heavy atom. The molecule has 3 rings (SSSR count). The minimum Gasteiger partial charge on any atom is -0.312 e. The lowest BCUT2D eigenvalue weighted by atomic mass is 10.2. The molecule has 0 fully saturated rings. The van der Waals surface area contributed by atoms with Gasteiger partial charge in [-0.1, -0.05) is 18.2 Å². The minimum atomic E-state index is -0.550. The third-order valence-corrected chi connectivity index (χ3v) is 4.28. The first-order valence-electron chi connectivity index (χ1n) is 6.71. The maximum Gasteiger partial charge on any atom is 0.130 e. The smallest absolute Gasteiger partial charge is 0.130 e. The minimum absolute atomic E-state index is 0.386. The van der Waals surface area contributed by atoms with E-state index in [1.54, 1.807) is 11.3 Å². The summed E-state index contributed by atoms with van der Waals surface area (Å²) >= 11 is 1.67. The van der Waals surface area contributed by atoms with Gasteiger partial charge < -0.3 is 5.32 Å². The number of hydrogen-bond acceptors (Lipinski definition) is 3. The summed E-state index contributed by atoms with van der Waals surface area (Å²) in [6, 6.07) is 11.7. The largest absolute Gasteiger partial charge is 0.312 e. The summed E-state index contributed by atoms with van der Waals surface area (Å²) in [5, 5.41) is 4.22. The predicted octanol–water partition coefficient (Wildman–Crippen LogP) is 3.91. The highest BCUT2D eigenvalue weighted by Crippen LogP contribution is 2.21. The maximum atomic E-state index is 13.4. The number of aromatic nitrogens is 1. The summed E-state index contributed by atoms with van der Waals surface area (Å²) in [5.41, 5.74) is 1.49. The van der Waals surface area contributed by atoms with Crippen molar-refractivity contribution in [3.8, 4) is 0 Å². The molecule has 0 radical (unpaired) electrons. The number of rotatable bonds is 5. The average Bonchev–Trinajstić information content (AvgIpc) is 2.88. The van der Waals surface area contributed by atoms with Crippen molar-refractivity contribution in [2.24, 2.45) is 0 Å². The maximum absolute atomic E-state index is 13.4. The molecule has 108 valence electrons. The van der Waals surface area contributed by atoms with Crippen molar-refractivity contribution >= 4 is 21.6 Å². The Hall–Kier alpha value is -1.85. The van der Waals surface area contributed by atoms with Crippen LogP contribution in [0.2, 0.25) is 0 Å². The molecule has 0 bridgehead atoms. The molecule has 2 nitrogen and oxygen atoms in total. The molecule has 0 spiro atoms. The van der Waals surface area contributed by atoms with E-state index in [2.05, 4.69) is 16.4 Å². The molecule has 1 aromatic heterocycles. The molecule has 1 heterocycles. The molecule has 1 N–H and O–H groups in total. The van der Waals surface area contributed by atoms with Gasteiger partial charge in [0.05, 0.1) is 15.2 Å². The fourth-order valence-corrected chi connectivity index (χ4v) is 3.08. The molecule has 0 aliphatic carbocycles. The zero-order valence-corrected chi connectivity index (χ0v) is 12.1. The van der Waals surface area contributed by atoms with Gasteiger partial charge in [0.25, 0.3) is 0 Å². The summed E-state index contributed by atoms with van der Waals surface area (Å²) in [4.78, 5) is 4.54. The van der Waals surface area contributed by atoms with E-state index < -0.39 is 11.6 Å². The quantitative estimate of drug-likeness (QED) is 0.723. The molecule has 0 aliphatic rings. The van der Waals surface area contributed by atoms with Crippen molar-refractivity contribution in [3.63, 3.8) is 0 Å². The number of benzene rings is 2. The van der Waals surface area contributed by atoms with Gasteiger partial charge in [-0.15, -0.1) is 11.3 Å². The van der Waals surface area contributed by atoms with E-state index in [0.717, 1.165) is 23.0 Å². The van der Waals surface area contributed by atoms with Gasteiger partial charge in [-0.25, -0.2) is 13.8 Å². The summed E-state index contributed by atoms with van der Waals surface area (Å²) in [5.74, 6) is -1.06. The van der Waals surface area contributed by atoms with Crippen molar-refractivity contribution in [1.29, 1.82) is 0 Å². The van der Waals surface area contributed by atoms with Crippen LogP contribution in [0.5, 0.6) is 0 Å². The zero-order chi connectivity index (χ0) is 14.7. The second kappa shape index (κ2) is 6.28. The number of fused-ring (bicyclic) bond motifs is 1. The van der Waals surface area contributed by atoms with E-state index in [1.807, 2.05) is 18.2 Å². The highest BCUT2D eigenvalue weighted by atomic mass is 32.1. The normalized spacial score (nSPS) is 11.1. The monoisotopic (exact) mass is 304 g/mol. The van der Waals surface area contributed by atoms with Gasteiger partial charge >= 0.3 is 0 Å². The van der Waals surface area contributed by atoms with Crippen LogP contribution in [0.25, 0.3) is 10.2 Å². The third-order valence-electron chi connectivity index (χ3n) is 3.18. The van der Waals surface area contributed by atoms with E-state index in [0.29, 0.717) is 18.7 Å². The number of para-hydroxylation sites is 1. The summed E-state index contributed by atoms with van der Waals surface area (Å²) < 4.78 is 27.4. The molecule has 0 aliphatic heterocycles. The summed E-state index contributed by atoms with van der Waals surface area (Å²) in [7, 11) is 0. The molecule has 0 amide bonds. The van der Waals surface area contributed by atoms with E-state index in [-0.39, 0.29) is 0 Å². The molecule has 0 unspecified atom stereocenters. The van der Waals surface area contributed by atoms with Gasteiger partial charge in [0.2, 0.25) is 0 Å². The van der Waals surface area contributed by atoms with Gasteiger partial charge in [-0.3, -0.25) is 0 Å². The van der Waals surface area contributed by atoms with Crippen molar-refractivity contribution < 1.29 is 8.78 Å². The first-order chi connectivity index (χ1) is 10.2. The van der Waals surface area contributed by atoms with Gasteiger partial charge in [0.15, 0.2) is 0 Å². The first-order valence-corrected chi connectivity index (χ1v) is 7.53. The van der Waals surface area contributed by atoms with Gasteiger partial charge in [-0.2, -0.15) is 0 Å². The lowest BCUT2D eigenvalue weighted by Gasteiger charge is -2.05. The number of halogens is 2. The second-order valence-electron chi connectivity index (χ2n) is 4.74. The van der Waals surface area contributed by atoms with E-state index in [9.17, 15) is 8.78 Å². The average molecular weight is 304 g/mol. The van der Waals surface area contributed by atoms with Crippen molar-refractivity contribution in [3.05, 3.63) is 64.7 Å². The molecule has 3 aromatic rings. The molecule has 5 heteroatoms. The fraction of sp³-hybridized carbons (Fsp3) is 0.188. The molecular formula is C16H14F2N2S. The number of hydrogen-bond donors (Lipinski definition) is 1. The van der Waals surface area contributed by atoms with Crippen molar-refractivity contribution in [2.45, 2.75) is 13.0 Å². The Balaban J connectivity index is 1.54. The Morgan fingerprint density at radius 1 is 1.10 bits per heavy atom. The van der Waals surface area contributed by atoms with Crippen LogP contribution in [0, 0.1) is 11.6 Å². The van der Waals surface area contributed by atoms with Gasteiger partial charge in [0, 0.05) is 31.1 Å². The van der Waals surface area contributed by atoms with Crippen LogP contribution < -0.4 is 5.32 Å². The predicted molar refractivity (Wildman–Crippen MR) is 81.4 cm³/mol. The van der Waals surface area contributed by atoms with E-state index >= 15 is 0 Å². The highest BCUT2D eigenvalue weighted by molar-refractivity contribution is 7.18. The van der Waals surface area contributed by atoms with Crippen molar-refractivity contribution in [2.75, 3.05) is 6.54 Å². The molecule has 0 atom stereocenters. The van der Waals surface area contributed by atoms with Crippen LogP contribution in [0.3, 0.4) is 0 Å². The van der Waals surface area contributed by atoms with Crippen LogP contribution in [-0.4, -0.2) is 11.5 Å². The summed E-state index contributed by atoms with van der Waals surface area (Å²) in [6.07, 6.45) is 0.794. The lowest BCUT2D eigenvalue weighted by Crippen LogP contribution is -2.17. The molecule has 0 saturated carbocycles. The Bertz CT molecular complexity index is 722. The Kier molecular flexibility index (Phi) is 4.22. The molecule has 2 aromatic carbocycles. The standard InChI is InChI=1S/C16H14F2N2S/c17-12-6-5-11(13(18)9-12)10-19-8-7-16-20-14-3-1-2-4-15(14)21-16/h1-6,9,19H,7-8,10H2. The highest BCUT2D eigenvalue weighted by Gasteiger charge is 2.05. The third kappa shape index (κ3) is 3.43. The second-order valence-corrected chi connectivity index (χ2v) is 5.85. The van der Waals surface area contributed by atoms with Crippen molar-refractivity contribution in [1.82, 2.24) is 10.3 Å². The van der Waals surface area contributed by atoms with Gasteiger partial charge in [-0.05, 0) is 18.2 Å². The lowest BCUT2D eigenvalue weighted by molar-refractivity contribution is 0.560. The number of nitrogens with one attached hydrogen (secondary N) is 1. The molecule has 0 saturated heterocycles. The van der Waals surface area contributed by atoms with Crippen LogP contribution in [0.15, 0.2) is 42.5 Å². The fourth-order valence-electron chi connectivity index (χ4n) is 2.11. The first kappa shape index (κ1) is 14.1. The Morgan fingerprint density at radius 2 is 1.95 bits per heavy atom. The van der Waals surface area contributed by atoms with Crippen LogP contribution >= 0.6 is 11.3 Å². The number of thiazole rings is 1. The molecule has 21 heavy (non-hydrogen) atoms. The van der Waals surface area contributed by atoms with Gasteiger partial charge in [0.1, 0.15) is 11.6 Å². The van der Waals surface area contributed by atoms with E-state index in [4.69, 9.17) is 0 Å². The number of nitrogens with zero attached hydrogens (tertiary/aromatic N) is 1.